The summed E-state index contributed by atoms with van der Waals surface area (Å²) in [5.74, 6) is 2.83. The minimum Gasteiger partial charge on any atom is -0.365 e. The van der Waals surface area contributed by atoms with Gasteiger partial charge in [0.1, 0.15) is 11.6 Å². The maximum Gasteiger partial charge on any atom is 0.136 e. The van der Waals surface area contributed by atoms with Crippen molar-refractivity contribution < 1.29 is 0 Å². The van der Waals surface area contributed by atoms with Gasteiger partial charge in [0.15, 0.2) is 0 Å². The third kappa shape index (κ3) is 4.04. The number of nitrogens with zero attached hydrogens (tertiary/aromatic N) is 5. The highest BCUT2D eigenvalue weighted by atomic mass is 35.5. The molecule has 5 nitrogen and oxygen atoms in total. The van der Waals surface area contributed by atoms with Crippen LogP contribution in [0, 0.1) is 6.92 Å². The molecule has 1 fully saturated rings. The van der Waals surface area contributed by atoms with Crippen LogP contribution in [0.1, 0.15) is 29.6 Å². The SMILES string of the molecule is CCc1nc2c(c(N3CCN(CCCl)CC3)n1)CCN(c1cccc3cccc(C)c13)C2. The Morgan fingerprint density at radius 1 is 0.938 bits per heavy atom. The molecule has 168 valence electrons. The van der Waals surface area contributed by atoms with Crippen LogP contribution in [0.5, 0.6) is 0 Å². The number of rotatable bonds is 5. The van der Waals surface area contributed by atoms with Crippen molar-refractivity contribution in [3.63, 3.8) is 0 Å². The van der Waals surface area contributed by atoms with Gasteiger partial charge in [-0.1, -0.05) is 37.3 Å². The average Bonchev–Trinajstić information content (AvgIpc) is 2.83. The fourth-order valence-corrected chi connectivity index (χ4v) is 5.40. The van der Waals surface area contributed by atoms with Crippen LogP contribution in [-0.2, 0) is 19.4 Å². The summed E-state index contributed by atoms with van der Waals surface area (Å²) in [7, 11) is 0. The number of halogens is 1. The summed E-state index contributed by atoms with van der Waals surface area (Å²) in [5, 5.41) is 2.67. The molecule has 6 heteroatoms. The van der Waals surface area contributed by atoms with E-state index in [1.807, 2.05) is 0 Å². The maximum atomic E-state index is 5.95. The van der Waals surface area contributed by atoms with Crippen LogP contribution in [0.15, 0.2) is 36.4 Å². The van der Waals surface area contributed by atoms with Gasteiger partial charge in [-0.2, -0.15) is 0 Å². The molecule has 0 saturated carbocycles. The molecule has 1 saturated heterocycles. The van der Waals surface area contributed by atoms with Crippen molar-refractivity contribution >= 4 is 33.9 Å². The van der Waals surface area contributed by atoms with Gasteiger partial charge in [0.05, 0.1) is 12.2 Å². The third-order valence-electron chi connectivity index (χ3n) is 6.91. The minimum atomic E-state index is 0.701. The van der Waals surface area contributed by atoms with E-state index in [2.05, 4.69) is 64.9 Å². The van der Waals surface area contributed by atoms with Crippen molar-refractivity contribution in [3.05, 3.63) is 59.0 Å². The zero-order chi connectivity index (χ0) is 22.1. The van der Waals surface area contributed by atoms with Crippen molar-refractivity contribution in [2.75, 3.05) is 54.9 Å². The number of hydrogen-bond donors (Lipinski definition) is 0. The predicted octanol–water partition coefficient (Wildman–Crippen LogP) is 4.42. The molecule has 0 aliphatic carbocycles. The lowest BCUT2D eigenvalue weighted by molar-refractivity contribution is 0.271. The van der Waals surface area contributed by atoms with E-state index in [0.29, 0.717) is 5.88 Å². The van der Waals surface area contributed by atoms with Gasteiger partial charge in [-0.05, 0) is 30.4 Å². The van der Waals surface area contributed by atoms with Crippen molar-refractivity contribution in [1.82, 2.24) is 14.9 Å². The number of alkyl halides is 1. The lowest BCUT2D eigenvalue weighted by atomic mass is 9.99. The fourth-order valence-electron chi connectivity index (χ4n) is 5.16. The van der Waals surface area contributed by atoms with Crippen molar-refractivity contribution in [2.45, 2.75) is 33.2 Å². The molecule has 0 unspecified atom stereocenters. The summed E-state index contributed by atoms with van der Waals surface area (Å²) < 4.78 is 0. The highest BCUT2D eigenvalue weighted by Gasteiger charge is 2.27. The molecule has 0 atom stereocenters. The molecule has 5 rings (SSSR count). The molecule has 0 radical (unpaired) electrons. The largest absolute Gasteiger partial charge is 0.365 e. The molecule has 2 aliphatic heterocycles. The van der Waals surface area contributed by atoms with E-state index in [0.717, 1.165) is 64.5 Å². The first-order valence-electron chi connectivity index (χ1n) is 11.8. The quantitative estimate of drug-likeness (QED) is 0.538. The third-order valence-corrected chi connectivity index (χ3v) is 7.08. The Bertz CT molecular complexity index is 1100. The van der Waals surface area contributed by atoms with E-state index in [-0.39, 0.29) is 0 Å². The van der Waals surface area contributed by atoms with Gasteiger partial charge >= 0.3 is 0 Å². The number of anilines is 2. The van der Waals surface area contributed by atoms with Crippen LogP contribution in [0.4, 0.5) is 11.5 Å². The van der Waals surface area contributed by atoms with E-state index >= 15 is 0 Å². The van der Waals surface area contributed by atoms with E-state index in [1.54, 1.807) is 0 Å². The van der Waals surface area contributed by atoms with E-state index in [9.17, 15) is 0 Å². The van der Waals surface area contributed by atoms with Crippen LogP contribution in [-0.4, -0.2) is 60.0 Å². The molecular formula is C26H32ClN5. The second kappa shape index (κ2) is 9.24. The van der Waals surface area contributed by atoms with Crippen LogP contribution < -0.4 is 9.80 Å². The molecule has 0 N–H and O–H groups in total. The van der Waals surface area contributed by atoms with Crippen molar-refractivity contribution in [1.29, 1.82) is 0 Å². The molecule has 2 aromatic carbocycles. The molecular weight excluding hydrogens is 418 g/mol. The molecule has 0 amide bonds. The first-order chi connectivity index (χ1) is 15.7. The Morgan fingerprint density at radius 2 is 1.72 bits per heavy atom. The summed E-state index contributed by atoms with van der Waals surface area (Å²) in [6.45, 7) is 11.3. The smallest absolute Gasteiger partial charge is 0.136 e. The number of benzene rings is 2. The standard InChI is InChI=1S/C26H32ClN5/c1-3-24-28-22-18-32(23-9-5-8-20-7-4-6-19(2)25(20)23)12-10-21(22)26(29-24)31-16-14-30(13-11-27)15-17-31/h4-9H,3,10-18H2,1-2H3. The zero-order valence-corrected chi connectivity index (χ0v) is 19.9. The predicted molar refractivity (Wildman–Crippen MR) is 134 cm³/mol. The van der Waals surface area contributed by atoms with Crippen LogP contribution in [0.2, 0.25) is 0 Å². The Morgan fingerprint density at radius 3 is 2.47 bits per heavy atom. The van der Waals surface area contributed by atoms with Gasteiger partial charge in [0.2, 0.25) is 0 Å². The first kappa shape index (κ1) is 21.5. The number of aromatic nitrogens is 2. The average molecular weight is 450 g/mol. The van der Waals surface area contributed by atoms with E-state index in [1.165, 1.54) is 39.1 Å². The lowest BCUT2D eigenvalue weighted by Crippen LogP contribution is -2.48. The van der Waals surface area contributed by atoms with E-state index < -0.39 is 0 Å². The van der Waals surface area contributed by atoms with Gasteiger partial charge in [-0.15, -0.1) is 11.6 Å². The molecule has 0 spiro atoms. The Kier molecular flexibility index (Phi) is 6.20. The minimum absolute atomic E-state index is 0.701. The van der Waals surface area contributed by atoms with E-state index in [4.69, 9.17) is 21.6 Å². The van der Waals surface area contributed by atoms with Crippen LogP contribution >= 0.6 is 11.6 Å². The molecule has 0 bridgehead atoms. The summed E-state index contributed by atoms with van der Waals surface area (Å²) in [4.78, 5) is 17.4. The number of hydrogen-bond acceptors (Lipinski definition) is 5. The molecule has 3 heterocycles. The Labute approximate surface area is 196 Å². The number of fused-ring (bicyclic) bond motifs is 2. The Balaban J connectivity index is 1.46. The summed E-state index contributed by atoms with van der Waals surface area (Å²) in [6.07, 6.45) is 1.85. The second-order valence-electron chi connectivity index (χ2n) is 8.88. The monoisotopic (exact) mass is 449 g/mol. The van der Waals surface area contributed by atoms with Crippen LogP contribution in [0.25, 0.3) is 10.8 Å². The van der Waals surface area contributed by atoms with Gasteiger partial charge in [-0.25, -0.2) is 9.97 Å². The van der Waals surface area contributed by atoms with Crippen LogP contribution in [0.3, 0.4) is 0 Å². The first-order valence-corrected chi connectivity index (χ1v) is 12.4. The summed E-state index contributed by atoms with van der Waals surface area (Å²) >= 11 is 5.95. The maximum absolute atomic E-state index is 5.95. The van der Waals surface area contributed by atoms with Gasteiger partial charge in [-0.3, -0.25) is 4.90 Å². The highest BCUT2D eigenvalue weighted by Crippen LogP contribution is 2.34. The van der Waals surface area contributed by atoms with Gasteiger partial charge in [0.25, 0.3) is 0 Å². The Hall–Kier alpha value is -2.37. The summed E-state index contributed by atoms with van der Waals surface area (Å²) in [5.41, 5.74) is 5.20. The lowest BCUT2D eigenvalue weighted by Gasteiger charge is -2.38. The number of aryl methyl sites for hydroxylation is 2. The molecule has 32 heavy (non-hydrogen) atoms. The summed E-state index contributed by atoms with van der Waals surface area (Å²) in [6, 6.07) is 13.2. The van der Waals surface area contributed by atoms with Crippen molar-refractivity contribution in [3.8, 4) is 0 Å². The normalized spacial score (nSPS) is 17.1. The molecule has 2 aliphatic rings. The number of piperazine rings is 1. The molecule has 3 aromatic rings. The second-order valence-corrected chi connectivity index (χ2v) is 9.26. The fraction of sp³-hybridized carbons (Fsp3) is 0.462. The molecule has 1 aromatic heterocycles. The zero-order valence-electron chi connectivity index (χ0n) is 19.1. The van der Waals surface area contributed by atoms with Gasteiger partial charge < -0.3 is 9.80 Å². The topological polar surface area (TPSA) is 35.5 Å². The van der Waals surface area contributed by atoms with Crippen molar-refractivity contribution in [2.24, 2.45) is 0 Å². The van der Waals surface area contributed by atoms with Gasteiger partial charge in [0, 0.05) is 68.2 Å². The highest BCUT2D eigenvalue weighted by molar-refractivity contribution is 6.18.